The van der Waals surface area contributed by atoms with Crippen LogP contribution in [-0.4, -0.2) is 4.43 Å². The van der Waals surface area contributed by atoms with Gasteiger partial charge in [-0.2, -0.15) is 0 Å². The largest absolute Gasteiger partial charge is 0.0858 e. The van der Waals surface area contributed by atoms with Gasteiger partial charge in [-0.05, 0) is 17.8 Å². The van der Waals surface area contributed by atoms with E-state index in [0.29, 0.717) is 5.41 Å². The first-order valence-corrected chi connectivity index (χ1v) is 5.60. The summed E-state index contributed by atoms with van der Waals surface area (Å²) in [5.41, 5.74) is 0.552. The highest BCUT2D eigenvalue weighted by Gasteiger charge is 2.18. The van der Waals surface area contributed by atoms with Gasteiger partial charge in [0.05, 0.1) is 0 Å². The Hall–Kier alpha value is 0.730. The molecule has 0 aromatic carbocycles. The normalized spacial score (nSPS) is 15.3. The van der Waals surface area contributed by atoms with Gasteiger partial charge in [0.1, 0.15) is 0 Å². The molecule has 0 fully saturated rings. The molecular weight excluding hydrogens is 235 g/mol. The van der Waals surface area contributed by atoms with Crippen molar-refractivity contribution in [2.75, 3.05) is 4.43 Å². The Morgan fingerprint density at radius 3 is 2.20 bits per heavy atom. The quantitative estimate of drug-likeness (QED) is 0.527. The smallest absolute Gasteiger partial charge is 0.00468 e. The maximum atomic E-state index is 2.48. The molecule has 0 aromatic rings. The fraction of sp³-hybridized carbons (Fsp3) is 1.00. The van der Waals surface area contributed by atoms with Crippen LogP contribution in [0.2, 0.25) is 0 Å². The molecule has 62 valence electrons. The molecule has 0 bridgehead atoms. The van der Waals surface area contributed by atoms with Gasteiger partial charge in [0.2, 0.25) is 0 Å². The van der Waals surface area contributed by atoms with Crippen molar-refractivity contribution < 1.29 is 0 Å². The topological polar surface area (TPSA) is 0 Å². The van der Waals surface area contributed by atoms with E-state index in [-0.39, 0.29) is 0 Å². The second kappa shape index (κ2) is 4.58. The summed E-state index contributed by atoms with van der Waals surface area (Å²) in [6.07, 6.45) is 2.69. The number of rotatable bonds is 4. The zero-order chi connectivity index (χ0) is 8.20. The van der Waals surface area contributed by atoms with E-state index in [4.69, 9.17) is 0 Å². The summed E-state index contributed by atoms with van der Waals surface area (Å²) in [4.78, 5) is 0. The van der Waals surface area contributed by atoms with Crippen LogP contribution >= 0.6 is 22.6 Å². The summed E-state index contributed by atoms with van der Waals surface area (Å²) in [6.45, 7) is 9.32. The van der Waals surface area contributed by atoms with Crippen molar-refractivity contribution in [2.24, 2.45) is 11.3 Å². The van der Waals surface area contributed by atoms with Crippen LogP contribution in [-0.2, 0) is 0 Å². The highest BCUT2D eigenvalue weighted by molar-refractivity contribution is 14.1. The molecule has 0 heterocycles. The molecular formula is C9H19I. The molecule has 0 aliphatic heterocycles. The van der Waals surface area contributed by atoms with Crippen molar-refractivity contribution in [3.05, 3.63) is 0 Å². The number of halogens is 1. The molecule has 0 saturated heterocycles. The maximum Gasteiger partial charge on any atom is 0.00468 e. The van der Waals surface area contributed by atoms with Crippen molar-refractivity contribution >= 4 is 22.6 Å². The number of hydrogen-bond donors (Lipinski definition) is 0. The van der Waals surface area contributed by atoms with E-state index >= 15 is 0 Å². The second-order valence-electron chi connectivity index (χ2n) is 4.02. The van der Waals surface area contributed by atoms with Crippen molar-refractivity contribution in [3.63, 3.8) is 0 Å². The predicted octanol–water partition coefficient (Wildman–Crippen LogP) is 3.88. The van der Waals surface area contributed by atoms with Gasteiger partial charge in [-0.3, -0.25) is 0 Å². The first kappa shape index (κ1) is 10.7. The van der Waals surface area contributed by atoms with Gasteiger partial charge in [0.15, 0.2) is 0 Å². The van der Waals surface area contributed by atoms with Crippen LogP contribution in [0, 0.1) is 11.3 Å². The molecule has 0 aliphatic carbocycles. The zero-order valence-electron chi connectivity index (χ0n) is 7.58. The minimum atomic E-state index is 0.552. The van der Waals surface area contributed by atoms with E-state index in [1.807, 2.05) is 0 Å². The molecule has 0 nitrogen and oxygen atoms in total. The molecule has 0 spiro atoms. The van der Waals surface area contributed by atoms with Crippen LogP contribution in [0.15, 0.2) is 0 Å². The Morgan fingerprint density at radius 2 is 1.90 bits per heavy atom. The van der Waals surface area contributed by atoms with Crippen LogP contribution in [0.4, 0.5) is 0 Å². The average molecular weight is 254 g/mol. The molecule has 1 heteroatoms. The van der Waals surface area contributed by atoms with Crippen molar-refractivity contribution in [2.45, 2.75) is 40.5 Å². The molecule has 0 aromatic heterocycles. The zero-order valence-corrected chi connectivity index (χ0v) is 9.73. The lowest BCUT2D eigenvalue weighted by Crippen LogP contribution is -2.16. The van der Waals surface area contributed by atoms with Crippen LogP contribution in [0.3, 0.4) is 0 Å². The van der Waals surface area contributed by atoms with Gasteiger partial charge in [0, 0.05) is 4.43 Å². The molecule has 0 saturated carbocycles. The lowest BCUT2D eigenvalue weighted by molar-refractivity contribution is 0.313. The third-order valence-electron chi connectivity index (χ3n) is 1.96. The molecule has 0 aliphatic rings. The first-order valence-electron chi connectivity index (χ1n) is 4.08. The highest BCUT2D eigenvalue weighted by atomic mass is 127. The minimum Gasteiger partial charge on any atom is -0.0858 e. The van der Waals surface area contributed by atoms with Gasteiger partial charge >= 0.3 is 0 Å². The van der Waals surface area contributed by atoms with Crippen LogP contribution in [0.1, 0.15) is 40.5 Å². The SMILES string of the molecule is CCC(C)CC(C)(C)CI. The number of hydrogen-bond acceptors (Lipinski definition) is 0. The summed E-state index contributed by atoms with van der Waals surface area (Å²) in [7, 11) is 0. The van der Waals surface area contributed by atoms with Crippen LogP contribution < -0.4 is 0 Å². The Labute approximate surface area is 78.9 Å². The second-order valence-corrected chi connectivity index (χ2v) is 4.78. The Bertz CT molecular complexity index is 86.7. The lowest BCUT2D eigenvalue weighted by atomic mass is 9.84. The predicted molar refractivity (Wildman–Crippen MR) is 56.7 cm³/mol. The molecule has 0 amide bonds. The first-order chi connectivity index (χ1) is 4.52. The van der Waals surface area contributed by atoms with E-state index in [1.54, 1.807) is 0 Å². The van der Waals surface area contributed by atoms with Gasteiger partial charge in [-0.15, -0.1) is 0 Å². The molecule has 0 radical (unpaired) electrons. The van der Waals surface area contributed by atoms with E-state index in [0.717, 1.165) is 5.92 Å². The van der Waals surface area contributed by atoms with Crippen LogP contribution in [0.5, 0.6) is 0 Å². The summed E-state index contributed by atoms with van der Waals surface area (Å²) in [6, 6.07) is 0. The standard InChI is InChI=1S/C9H19I/c1-5-8(2)6-9(3,4)7-10/h8H,5-7H2,1-4H3. The van der Waals surface area contributed by atoms with Crippen LogP contribution in [0.25, 0.3) is 0 Å². The Balaban J connectivity index is 3.64. The van der Waals surface area contributed by atoms with E-state index in [9.17, 15) is 0 Å². The molecule has 1 unspecified atom stereocenters. The van der Waals surface area contributed by atoms with E-state index in [2.05, 4.69) is 50.3 Å². The van der Waals surface area contributed by atoms with Gasteiger partial charge in [-0.1, -0.05) is 56.7 Å². The maximum absolute atomic E-state index is 2.48. The molecule has 0 rings (SSSR count). The van der Waals surface area contributed by atoms with E-state index in [1.165, 1.54) is 17.3 Å². The van der Waals surface area contributed by atoms with Crippen molar-refractivity contribution in [3.8, 4) is 0 Å². The third-order valence-corrected chi connectivity index (χ3v) is 4.02. The van der Waals surface area contributed by atoms with Crippen molar-refractivity contribution in [1.82, 2.24) is 0 Å². The summed E-state index contributed by atoms with van der Waals surface area (Å²) >= 11 is 2.48. The number of alkyl halides is 1. The minimum absolute atomic E-state index is 0.552. The fourth-order valence-corrected chi connectivity index (χ4v) is 1.45. The molecule has 0 N–H and O–H groups in total. The lowest BCUT2D eigenvalue weighted by Gasteiger charge is -2.24. The van der Waals surface area contributed by atoms with E-state index < -0.39 is 0 Å². The van der Waals surface area contributed by atoms with Gasteiger partial charge < -0.3 is 0 Å². The Kier molecular flexibility index (Phi) is 4.91. The highest BCUT2D eigenvalue weighted by Crippen LogP contribution is 2.28. The summed E-state index contributed by atoms with van der Waals surface area (Å²) in [5.74, 6) is 0.893. The monoisotopic (exact) mass is 254 g/mol. The Morgan fingerprint density at radius 1 is 1.40 bits per heavy atom. The summed E-state index contributed by atoms with van der Waals surface area (Å²) in [5, 5.41) is 0. The van der Waals surface area contributed by atoms with Crippen molar-refractivity contribution in [1.29, 1.82) is 0 Å². The third kappa shape index (κ3) is 4.53. The summed E-state index contributed by atoms with van der Waals surface area (Å²) < 4.78 is 1.27. The molecule has 10 heavy (non-hydrogen) atoms. The fourth-order valence-electron chi connectivity index (χ4n) is 1.14. The molecule has 1 atom stereocenters. The van der Waals surface area contributed by atoms with Gasteiger partial charge in [-0.25, -0.2) is 0 Å². The van der Waals surface area contributed by atoms with Gasteiger partial charge in [0.25, 0.3) is 0 Å². The average Bonchev–Trinajstić information content (AvgIpc) is 1.87.